The summed E-state index contributed by atoms with van der Waals surface area (Å²) in [7, 11) is 0. The fourth-order valence-corrected chi connectivity index (χ4v) is 0.0179. The summed E-state index contributed by atoms with van der Waals surface area (Å²) in [5.74, 6) is 0. The van der Waals surface area contributed by atoms with Crippen molar-refractivity contribution in [1.82, 2.24) is 0 Å². The topological polar surface area (TPSA) is 83.4 Å². The molecule has 0 heterocycles. The first-order chi connectivity index (χ1) is 2.41. The van der Waals surface area contributed by atoms with Crippen LogP contribution in [0.2, 0.25) is 0 Å². The van der Waals surface area contributed by atoms with Crippen LogP contribution in [0.4, 0.5) is 0 Å². The van der Waals surface area contributed by atoms with Crippen LogP contribution < -0.4 is 154 Å². The molecular weight excluding hydrogens is 187 g/mol. The van der Waals surface area contributed by atoms with Gasteiger partial charge in [-0.15, -0.1) is 0 Å². The van der Waals surface area contributed by atoms with Gasteiger partial charge in [0.2, 0.25) is 0 Å². The van der Waals surface area contributed by atoms with Gasteiger partial charge in [-0.05, 0) is 0 Å². The van der Waals surface area contributed by atoms with Crippen LogP contribution in [0.25, 0.3) is 16.6 Å². The van der Waals surface area contributed by atoms with Gasteiger partial charge in [0, 0.05) is 0 Å². The molecule has 0 bridgehead atoms. The minimum atomic E-state index is 0. The van der Waals surface area contributed by atoms with E-state index in [0.717, 1.165) is 0 Å². The van der Waals surface area contributed by atoms with Crippen LogP contribution in [0, 0.1) is 0 Å². The normalized spacial score (nSPS) is 3.50. The summed E-state index contributed by atoms with van der Waals surface area (Å²) in [5.41, 5.74) is 16.9. The fraction of sp³-hybridized carbons (Fsp3) is 0. The van der Waals surface area contributed by atoms with E-state index in [1.165, 1.54) is 0 Å². The van der Waals surface area contributed by atoms with E-state index in [1.54, 1.807) is 0 Å². The third-order valence-corrected chi connectivity index (χ3v) is 0.0800. The molecule has 0 saturated heterocycles. The Balaban J connectivity index is -0.0000000267. The van der Waals surface area contributed by atoms with E-state index in [2.05, 4.69) is 16.0 Å². The number of hydrogen-bond donors (Lipinski definition) is 0. The Labute approximate surface area is 175 Å². The molecule has 0 atom stereocenters. The van der Waals surface area contributed by atoms with Crippen molar-refractivity contribution in [2.24, 2.45) is 10.4 Å². The van der Waals surface area contributed by atoms with Gasteiger partial charge >= 0.3 is 154 Å². The molecule has 0 aromatic carbocycles. The molecule has 0 aliphatic heterocycles. The molecule has 8 heavy (non-hydrogen) atoms. The van der Waals surface area contributed by atoms with Crippen molar-refractivity contribution in [2.45, 2.75) is 0 Å². The smallest absolute Gasteiger partial charge is 0.728 e. The molecule has 0 amide bonds. The molecule has 0 saturated carbocycles. The molecule has 0 spiro atoms. The van der Waals surface area contributed by atoms with Gasteiger partial charge in [-0.3, -0.25) is 0 Å². The molecule has 0 unspecified atom stereocenters. The number of rotatable bonds is 2. The maximum Gasteiger partial charge on any atom is 1.00 e. The molecule has 0 aliphatic carbocycles. The Morgan fingerprint density at radius 1 is 0.875 bits per heavy atom. The Morgan fingerprint density at radius 2 is 1.12 bits per heavy atom. The van der Waals surface area contributed by atoms with Crippen molar-refractivity contribution >= 4 is 0 Å². The van der Waals surface area contributed by atoms with Gasteiger partial charge in [0.05, 0.1) is 0 Å². The van der Waals surface area contributed by atoms with Crippen molar-refractivity contribution in [3.05, 3.63) is 16.6 Å². The first-order valence-electron chi connectivity index (χ1n) is 0.800. The van der Waals surface area contributed by atoms with E-state index < -0.39 is 0 Å². The summed E-state index contributed by atoms with van der Waals surface area (Å²) in [6.07, 6.45) is 0. The van der Waals surface area contributed by atoms with Gasteiger partial charge in [0.25, 0.3) is 0 Å². The first-order valence-corrected chi connectivity index (χ1v) is 0.800. The van der Waals surface area contributed by atoms with Gasteiger partial charge in [-0.1, -0.05) is 0 Å². The minimum Gasteiger partial charge on any atom is -0.728 e. The predicted octanol–water partition coefficient (Wildman–Crippen LogP) is -7.75. The van der Waals surface area contributed by atoms with Crippen LogP contribution in [-0.4, -0.2) is 0 Å². The Morgan fingerprint density at radius 3 is 1.12 bits per heavy atom. The second-order valence-electron chi connectivity index (χ2n) is 0.268. The molecule has 0 rings (SSSR count). The molecule has 0 fully saturated rings. The summed E-state index contributed by atoms with van der Waals surface area (Å²) in [4.78, 5) is 0. The third-order valence-electron chi connectivity index (χ3n) is 0.0800. The van der Waals surface area contributed by atoms with Crippen LogP contribution in [0.1, 0.15) is 0 Å². The van der Waals surface area contributed by atoms with Crippen molar-refractivity contribution in [1.29, 1.82) is 0 Å². The van der Waals surface area contributed by atoms with Crippen LogP contribution in [0.15, 0.2) is 10.4 Å². The van der Waals surface area contributed by atoms with Gasteiger partial charge in [-0.25, -0.2) is 0 Å². The molecule has 8 heteroatoms. The van der Waals surface area contributed by atoms with Gasteiger partial charge < -0.3 is 27.0 Å². The maximum absolute atomic E-state index is 7.27. The van der Waals surface area contributed by atoms with Crippen molar-refractivity contribution < 1.29 is 154 Å². The Kier molecular flexibility index (Phi) is 63.6. The van der Waals surface area contributed by atoms with Crippen molar-refractivity contribution in [2.75, 3.05) is 0 Å². The Hall–Kier alpha value is 3.91. The zero-order chi connectivity index (χ0) is 4.12. The van der Waals surface area contributed by atoms with Crippen molar-refractivity contribution in [3.63, 3.8) is 0 Å². The molecule has 0 radical (unpaired) electrons. The van der Waals surface area contributed by atoms with Crippen LogP contribution in [0.3, 0.4) is 0 Å². The van der Waals surface area contributed by atoms with E-state index in [1.807, 2.05) is 0 Å². The average molecular weight is 187 g/mol. The van der Waals surface area contributed by atoms with E-state index in [9.17, 15) is 0 Å². The summed E-state index contributed by atoms with van der Waals surface area (Å²) in [6, 6.07) is 0. The fourth-order valence-electron chi connectivity index (χ4n) is 0.0179. The maximum atomic E-state index is 7.27. The molecule has 28 valence electrons. The second kappa shape index (κ2) is 22.4. The first kappa shape index (κ1) is 22.7. The van der Waals surface area contributed by atoms with Crippen LogP contribution in [0.5, 0.6) is 0 Å². The monoisotopic (exact) mass is 187 g/mol. The van der Waals surface area contributed by atoms with E-state index in [0.29, 0.717) is 0 Å². The number of hydrogen-bond acceptors (Lipinski definition) is 2. The molecule has 5 nitrogen and oxygen atoms in total. The molecule has 0 aliphatic rings. The summed E-state index contributed by atoms with van der Waals surface area (Å²) in [6.45, 7) is 0. The molecule has 0 aromatic heterocycles. The Bertz CT molecular complexity index is 36.9. The molecular formula is K3N5. The zero-order valence-corrected chi connectivity index (χ0v) is 14.6. The summed E-state index contributed by atoms with van der Waals surface area (Å²) >= 11 is 0. The van der Waals surface area contributed by atoms with Crippen LogP contribution in [-0.2, 0) is 0 Å². The van der Waals surface area contributed by atoms with E-state index in [4.69, 9.17) is 11.1 Å². The largest absolute Gasteiger partial charge is 1.00 e. The minimum absolute atomic E-state index is 0. The number of nitrogens with zero attached hydrogens (tertiary/aromatic N) is 5. The molecule has 0 aromatic rings. The van der Waals surface area contributed by atoms with Gasteiger partial charge in [-0.2, -0.15) is 0 Å². The van der Waals surface area contributed by atoms with Gasteiger partial charge in [0.15, 0.2) is 0 Å². The zero-order valence-electron chi connectivity index (χ0n) is 5.24. The van der Waals surface area contributed by atoms with E-state index in [-0.39, 0.29) is 154 Å². The quantitative estimate of drug-likeness (QED) is 0.234. The van der Waals surface area contributed by atoms with Gasteiger partial charge in [0.1, 0.15) is 0 Å². The standard InChI is InChI=1S/3K.N5/c;;;1-3-5-4-2/q3*+1;-3. The second-order valence-corrected chi connectivity index (χ2v) is 0.268. The SMILES string of the molecule is [K+].[K+].[K+].[N-]=N[N-]N=[N-]. The van der Waals surface area contributed by atoms with Crippen molar-refractivity contribution in [3.8, 4) is 0 Å². The predicted molar refractivity (Wildman–Crippen MR) is 14.9 cm³/mol. The third kappa shape index (κ3) is 22.5. The summed E-state index contributed by atoms with van der Waals surface area (Å²) in [5, 5.41) is 4.12. The molecule has 0 N–H and O–H groups in total. The van der Waals surface area contributed by atoms with E-state index >= 15 is 0 Å². The van der Waals surface area contributed by atoms with Crippen LogP contribution >= 0.6 is 0 Å². The average Bonchev–Trinajstić information content (AvgIpc) is 1.41. The summed E-state index contributed by atoms with van der Waals surface area (Å²) < 4.78 is 0.